The highest BCUT2D eigenvalue weighted by Crippen LogP contribution is 2.30. The topological polar surface area (TPSA) is 70.7 Å². The number of nitrogens with zero attached hydrogens (tertiary/aromatic N) is 1. The summed E-state index contributed by atoms with van der Waals surface area (Å²) in [5.74, 6) is 0.496. The van der Waals surface area contributed by atoms with Crippen LogP contribution < -0.4 is 20.3 Å². The first kappa shape index (κ1) is 20.7. The summed E-state index contributed by atoms with van der Waals surface area (Å²) in [7, 11) is 1.58. The molecule has 6 heteroatoms. The number of anilines is 3. The Morgan fingerprint density at radius 2 is 1.79 bits per heavy atom. The quantitative estimate of drug-likeness (QED) is 0.727. The zero-order valence-electron chi connectivity index (χ0n) is 17.1. The molecule has 2 aromatic carbocycles. The Labute approximate surface area is 172 Å². The fraction of sp³-hybridized carbons (Fsp3) is 0.391. The summed E-state index contributed by atoms with van der Waals surface area (Å²) in [5, 5.41) is 5.95. The largest absolute Gasteiger partial charge is 0.495 e. The standard InChI is InChI=1S/C23H29N3O3/c1-17(27)25-18-13-14-22(29-2)21(15-18)24-16-23(28)26(19-9-5-3-6-10-19)20-11-7-4-8-12-20/h3,5-6,9-10,13-15,20,24H,4,7-8,11-12,16H2,1-2H3,(H,25,27). The normalized spacial score (nSPS) is 14.1. The lowest BCUT2D eigenvalue weighted by atomic mass is 9.93. The van der Waals surface area contributed by atoms with E-state index in [0.29, 0.717) is 17.1 Å². The second-order valence-corrected chi connectivity index (χ2v) is 7.34. The third kappa shape index (κ3) is 5.50. The van der Waals surface area contributed by atoms with Gasteiger partial charge >= 0.3 is 0 Å². The van der Waals surface area contributed by atoms with Gasteiger partial charge in [0.1, 0.15) is 5.75 Å². The van der Waals surface area contributed by atoms with E-state index in [1.54, 1.807) is 25.3 Å². The molecule has 0 aliphatic heterocycles. The number of hydrogen-bond donors (Lipinski definition) is 2. The molecule has 1 aliphatic carbocycles. The number of carbonyl (C=O) groups is 2. The van der Waals surface area contributed by atoms with Gasteiger partial charge in [-0.2, -0.15) is 0 Å². The first-order valence-electron chi connectivity index (χ1n) is 10.1. The molecule has 2 amide bonds. The van der Waals surface area contributed by atoms with Gasteiger partial charge in [0.25, 0.3) is 0 Å². The summed E-state index contributed by atoms with van der Waals surface area (Å²) in [5.41, 5.74) is 2.26. The molecule has 1 fully saturated rings. The molecule has 0 aromatic heterocycles. The van der Waals surface area contributed by atoms with E-state index in [2.05, 4.69) is 10.6 Å². The van der Waals surface area contributed by atoms with Crippen molar-refractivity contribution in [1.82, 2.24) is 0 Å². The molecule has 6 nitrogen and oxygen atoms in total. The second kappa shape index (κ2) is 9.96. The van der Waals surface area contributed by atoms with Gasteiger partial charge in [0.05, 0.1) is 19.3 Å². The summed E-state index contributed by atoms with van der Waals surface area (Å²) >= 11 is 0. The number of carbonyl (C=O) groups excluding carboxylic acids is 2. The van der Waals surface area contributed by atoms with E-state index in [0.717, 1.165) is 31.4 Å². The highest BCUT2D eigenvalue weighted by molar-refractivity contribution is 5.97. The SMILES string of the molecule is COc1ccc(NC(C)=O)cc1NCC(=O)N(c1ccccc1)C1CCCCC1. The molecule has 1 saturated carbocycles. The zero-order valence-corrected chi connectivity index (χ0v) is 17.1. The van der Waals surface area contributed by atoms with Crippen LogP contribution in [0, 0.1) is 0 Å². The van der Waals surface area contributed by atoms with Crippen molar-refractivity contribution in [1.29, 1.82) is 0 Å². The molecular formula is C23H29N3O3. The minimum Gasteiger partial charge on any atom is -0.495 e. The monoisotopic (exact) mass is 395 g/mol. The predicted molar refractivity (Wildman–Crippen MR) is 117 cm³/mol. The van der Waals surface area contributed by atoms with Gasteiger partial charge in [-0.1, -0.05) is 37.5 Å². The van der Waals surface area contributed by atoms with Gasteiger partial charge in [-0.15, -0.1) is 0 Å². The van der Waals surface area contributed by atoms with E-state index in [9.17, 15) is 9.59 Å². The van der Waals surface area contributed by atoms with Crippen molar-refractivity contribution >= 4 is 28.9 Å². The van der Waals surface area contributed by atoms with Crippen molar-refractivity contribution in [3.8, 4) is 5.75 Å². The van der Waals surface area contributed by atoms with Crippen LogP contribution in [0.2, 0.25) is 0 Å². The maximum Gasteiger partial charge on any atom is 0.246 e. The summed E-state index contributed by atoms with van der Waals surface area (Å²) in [6.45, 7) is 1.61. The van der Waals surface area contributed by atoms with Crippen molar-refractivity contribution in [2.45, 2.75) is 45.1 Å². The van der Waals surface area contributed by atoms with Crippen molar-refractivity contribution in [2.24, 2.45) is 0 Å². The summed E-state index contributed by atoms with van der Waals surface area (Å²) in [4.78, 5) is 26.5. The van der Waals surface area contributed by atoms with Crippen molar-refractivity contribution in [2.75, 3.05) is 29.2 Å². The number of hydrogen-bond acceptors (Lipinski definition) is 4. The van der Waals surface area contributed by atoms with Crippen LogP contribution in [0.1, 0.15) is 39.0 Å². The van der Waals surface area contributed by atoms with Crippen LogP contribution in [0.15, 0.2) is 48.5 Å². The molecule has 2 aromatic rings. The number of methoxy groups -OCH3 is 1. The predicted octanol–water partition coefficient (Wildman–Crippen LogP) is 4.43. The lowest BCUT2D eigenvalue weighted by molar-refractivity contribution is -0.117. The highest BCUT2D eigenvalue weighted by atomic mass is 16.5. The molecule has 0 atom stereocenters. The number of rotatable bonds is 7. The van der Waals surface area contributed by atoms with E-state index in [4.69, 9.17) is 4.74 Å². The maximum absolute atomic E-state index is 13.2. The van der Waals surface area contributed by atoms with Crippen LogP contribution in [-0.2, 0) is 9.59 Å². The van der Waals surface area contributed by atoms with Gasteiger partial charge < -0.3 is 20.3 Å². The van der Waals surface area contributed by atoms with Crippen LogP contribution in [0.25, 0.3) is 0 Å². The Hall–Kier alpha value is -3.02. The highest BCUT2D eigenvalue weighted by Gasteiger charge is 2.26. The van der Waals surface area contributed by atoms with Crippen LogP contribution in [0.5, 0.6) is 5.75 Å². The molecule has 0 heterocycles. The van der Waals surface area contributed by atoms with Gasteiger partial charge in [0, 0.05) is 24.3 Å². The maximum atomic E-state index is 13.2. The number of para-hydroxylation sites is 1. The van der Waals surface area contributed by atoms with E-state index < -0.39 is 0 Å². The molecule has 2 N–H and O–H groups in total. The fourth-order valence-electron chi connectivity index (χ4n) is 3.87. The van der Waals surface area contributed by atoms with Gasteiger partial charge in [-0.25, -0.2) is 0 Å². The van der Waals surface area contributed by atoms with E-state index in [1.807, 2.05) is 35.2 Å². The zero-order chi connectivity index (χ0) is 20.6. The molecule has 0 spiro atoms. The lowest BCUT2D eigenvalue weighted by Gasteiger charge is -2.34. The molecule has 1 aliphatic rings. The minimum absolute atomic E-state index is 0.0232. The third-order valence-electron chi connectivity index (χ3n) is 5.19. The van der Waals surface area contributed by atoms with Crippen LogP contribution >= 0.6 is 0 Å². The molecule has 3 rings (SSSR count). The minimum atomic E-state index is -0.148. The summed E-state index contributed by atoms with van der Waals surface area (Å²) in [6, 6.07) is 15.4. The van der Waals surface area contributed by atoms with Crippen molar-refractivity contribution in [3.63, 3.8) is 0 Å². The number of nitrogens with one attached hydrogen (secondary N) is 2. The number of amides is 2. The molecule has 0 unspecified atom stereocenters. The van der Waals surface area contributed by atoms with Crippen molar-refractivity contribution in [3.05, 3.63) is 48.5 Å². The van der Waals surface area contributed by atoms with E-state index >= 15 is 0 Å². The average Bonchev–Trinajstić information content (AvgIpc) is 2.74. The van der Waals surface area contributed by atoms with E-state index in [-0.39, 0.29) is 24.4 Å². The molecule has 29 heavy (non-hydrogen) atoms. The Kier molecular flexibility index (Phi) is 7.11. The molecule has 0 radical (unpaired) electrons. The summed E-state index contributed by atoms with van der Waals surface area (Å²) in [6.07, 6.45) is 5.60. The van der Waals surface area contributed by atoms with Gasteiger partial charge in [-0.05, 0) is 43.2 Å². The Morgan fingerprint density at radius 3 is 2.45 bits per heavy atom. The molecular weight excluding hydrogens is 366 g/mol. The summed E-state index contributed by atoms with van der Waals surface area (Å²) < 4.78 is 5.40. The average molecular weight is 396 g/mol. The van der Waals surface area contributed by atoms with Crippen LogP contribution in [0.3, 0.4) is 0 Å². The fourth-order valence-corrected chi connectivity index (χ4v) is 3.87. The number of benzene rings is 2. The lowest BCUT2D eigenvalue weighted by Crippen LogP contribution is -2.44. The van der Waals surface area contributed by atoms with Crippen LogP contribution in [0.4, 0.5) is 17.1 Å². The first-order valence-corrected chi connectivity index (χ1v) is 10.1. The first-order chi connectivity index (χ1) is 14.1. The number of ether oxygens (including phenoxy) is 1. The Balaban J connectivity index is 1.77. The van der Waals surface area contributed by atoms with Crippen LogP contribution in [-0.4, -0.2) is 31.5 Å². The van der Waals surface area contributed by atoms with Crippen molar-refractivity contribution < 1.29 is 14.3 Å². The smallest absolute Gasteiger partial charge is 0.246 e. The van der Waals surface area contributed by atoms with E-state index in [1.165, 1.54) is 13.3 Å². The molecule has 0 saturated heterocycles. The van der Waals surface area contributed by atoms with Gasteiger partial charge in [-0.3, -0.25) is 9.59 Å². The third-order valence-corrected chi connectivity index (χ3v) is 5.19. The second-order valence-electron chi connectivity index (χ2n) is 7.34. The molecule has 0 bridgehead atoms. The van der Waals surface area contributed by atoms with Gasteiger partial charge in [0.15, 0.2) is 0 Å². The van der Waals surface area contributed by atoms with Gasteiger partial charge in [0.2, 0.25) is 11.8 Å². The Bertz CT molecular complexity index is 833. The molecule has 154 valence electrons. The Morgan fingerprint density at radius 1 is 1.07 bits per heavy atom.